The summed E-state index contributed by atoms with van der Waals surface area (Å²) >= 11 is 1.62. The summed E-state index contributed by atoms with van der Waals surface area (Å²) in [5, 5.41) is 2.90. The van der Waals surface area contributed by atoms with Crippen molar-refractivity contribution in [2.45, 2.75) is 31.6 Å². The number of hydrogen-bond donors (Lipinski definition) is 1. The minimum atomic E-state index is -0.119. The quantitative estimate of drug-likeness (QED) is 0.496. The number of hydrogen-bond acceptors (Lipinski definition) is 3. The Kier molecular flexibility index (Phi) is 6.73. The number of aryl methyl sites for hydroxylation is 1. The van der Waals surface area contributed by atoms with Gasteiger partial charge < -0.3 is 5.32 Å². The van der Waals surface area contributed by atoms with E-state index >= 15 is 0 Å². The second-order valence-corrected chi connectivity index (χ2v) is 8.71. The van der Waals surface area contributed by atoms with Gasteiger partial charge in [0, 0.05) is 16.9 Å². The molecule has 3 aromatic rings. The monoisotopic (exact) mass is 430 g/mol. The third kappa shape index (κ3) is 5.00. The second-order valence-electron chi connectivity index (χ2n) is 7.64. The molecule has 0 aromatic heterocycles. The lowest BCUT2D eigenvalue weighted by Crippen LogP contribution is -2.27. The molecule has 1 N–H and O–H groups in total. The molecule has 0 radical (unpaired) electrons. The van der Waals surface area contributed by atoms with Crippen LogP contribution in [0.15, 0.2) is 78.9 Å². The van der Waals surface area contributed by atoms with Gasteiger partial charge in [-0.1, -0.05) is 55.8 Å². The second kappa shape index (κ2) is 9.84. The fraction of sp³-hybridized carbons (Fsp3) is 0.231. The van der Waals surface area contributed by atoms with E-state index in [4.69, 9.17) is 0 Å². The van der Waals surface area contributed by atoms with Crippen LogP contribution in [0.25, 0.3) is 0 Å². The minimum absolute atomic E-state index is 0.0599. The molecule has 1 saturated heterocycles. The lowest BCUT2D eigenvalue weighted by molar-refractivity contribution is -0.115. The van der Waals surface area contributed by atoms with Crippen molar-refractivity contribution >= 4 is 35.0 Å². The van der Waals surface area contributed by atoms with Gasteiger partial charge in [0.2, 0.25) is 5.91 Å². The summed E-state index contributed by atoms with van der Waals surface area (Å²) < 4.78 is 0. The highest BCUT2D eigenvalue weighted by molar-refractivity contribution is 8.00. The van der Waals surface area contributed by atoms with Gasteiger partial charge in [0.05, 0.1) is 5.75 Å². The zero-order chi connectivity index (χ0) is 21.6. The molecular weight excluding hydrogens is 404 g/mol. The average Bonchev–Trinajstić information content (AvgIpc) is 3.20. The zero-order valence-electron chi connectivity index (χ0n) is 17.6. The van der Waals surface area contributed by atoms with E-state index in [0.717, 1.165) is 36.2 Å². The number of benzene rings is 3. The first-order chi connectivity index (χ1) is 15.2. The number of nitrogens with zero attached hydrogens (tertiary/aromatic N) is 1. The van der Waals surface area contributed by atoms with Crippen molar-refractivity contribution in [2.24, 2.45) is 0 Å². The lowest BCUT2D eigenvalue weighted by atomic mass is 10.1. The van der Waals surface area contributed by atoms with Crippen molar-refractivity contribution < 1.29 is 9.59 Å². The van der Waals surface area contributed by atoms with Gasteiger partial charge in [-0.2, -0.15) is 0 Å². The highest BCUT2D eigenvalue weighted by Gasteiger charge is 2.33. The molecule has 1 atom stereocenters. The summed E-state index contributed by atoms with van der Waals surface area (Å²) in [5.41, 5.74) is 4.59. The Balaban J connectivity index is 1.43. The van der Waals surface area contributed by atoms with E-state index in [0.29, 0.717) is 11.3 Å². The van der Waals surface area contributed by atoms with Crippen LogP contribution in [0.4, 0.5) is 11.4 Å². The van der Waals surface area contributed by atoms with E-state index in [1.807, 2.05) is 83.8 Å². The molecule has 1 fully saturated rings. The SMILES string of the molecule is CCCCc1ccc(C(=O)Nc2ccc([C@@H]3SCC(=O)N3c3ccccc3)cc2)cc1. The molecule has 0 saturated carbocycles. The first kappa shape index (κ1) is 21.2. The van der Waals surface area contributed by atoms with Gasteiger partial charge in [0.25, 0.3) is 5.91 Å². The van der Waals surface area contributed by atoms with Crippen LogP contribution in [0.2, 0.25) is 0 Å². The van der Waals surface area contributed by atoms with Crippen LogP contribution < -0.4 is 10.2 Å². The van der Waals surface area contributed by atoms with Crippen LogP contribution in [0.3, 0.4) is 0 Å². The number of para-hydroxylation sites is 1. The third-order valence-electron chi connectivity index (χ3n) is 5.39. The largest absolute Gasteiger partial charge is 0.322 e. The van der Waals surface area contributed by atoms with Crippen molar-refractivity contribution in [1.29, 1.82) is 0 Å². The maximum absolute atomic E-state index is 12.6. The van der Waals surface area contributed by atoms with Crippen molar-refractivity contribution in [2.75, 3.05) is 16.0 Å². The summed E-state index contributed by atoms with van der Waals surface area (Å²) in [6.07, 6.45) is 3.36. The number of carbonyl (C=O) groups is 2. The standard InChI is InChI=1S/C26H26N2O2S/c1-2-3-7-19-10-12-20(13-11-19)25(30)27-22-16-14-21(15-17-22)26-28(24(29)18-31-26)23-8-5-4-6-9-23/h4-6,8-17,26H,2-3,7,18H2,1H3,(H,27,30)/t26-/m0/s1. The van der Waals surface area contributed by atoms with Gasteiger partial charge >= 0.3 is 0 Å². The van der Waals surface area contributed by atoms with Crippen LogP contribution in [0.5, 0.6) is 0 Å². The summed E-state index contributed by atoms with van der Waals surface area (Å²) in [4.78, 5) is 26.9. The first-order valence-electron chi connectivity index (χ1n) is 10.6. The summed E-state index contributed by atoms with van der Waals surface area (Å²) in [5.74, 6) is 0.457. The van der Waals surface area contributed by atoms with Gasteiger partial charge in [-0.05, 0) is 60.4 Å². The maximum Gasteiger partial charge on any atom is 0.255 e. The Morgan fingerprint density at radius 2 is 1.71 bits per heavy atom. The lowest BCUT2D eigenvalue weighted by Gasteiger charge is -2.24. The van der Waals surface area contributed by atoms with Gasteiger partial charge in [0.1, 0.15) is 5.37 Å². The normalized spacial score (nSPS) is 15.8. The molecule has 0 aliphatic carbocycles. The number of carbonyl (C=O) groups excluding carboxylic acids is 2. The predicted molar refractivity (Wildman–Crippen MR) is 129 cm³/mol. The average molecular weight is 431 g/mol. The first-order valence-corrected chi connectivity index (χ1v) is 11.7. The zero-order valence-corrected chi connectivity index (χ0v) is 18.4. The van der Waals surface area contributed by atoms with E-state index in [1.54, 1.807) is 11.8 Å². The third-order valence-corrected chi connectivity index (χ3v) is 6.60. The Labute approximate surface area is 187 Å². The smallest absolute Gasteiger partial charge is 0.255 e. The van der Waals surface area contributed by atoms with Crippen molar-refractivity contribution in [3.8, 4) is 0 Å². The highest BCUT2D eigenvalue weighted by Crippen LogP contribution is 2.41. The van der Waals surface area contributed by atoms with E-state index < -0.39 is 0 Å². The van der Waals surface area contributed by atoms with E-state index in [-0.39, 0.29) is 17.2 Å². The van der Waals surface area contributed by atoms with Gasteiger partial charge in [-0.25, -0.2) is 0 Å². The predicted octanol–water partition coefficient (Wildman–Crippen LogP) is 6.06. The molecule has 3 aromatic carbocycles. The molecule has 2 amide bonds. The van der Waals surface area contributed by atoms with E-state index in [2.05, 4.69) is 12.2 Å². The van der Waals surface area contributed by atoms with Crippen LogP contribution in [-0.4, -0.2) is 17.6 Å². The molecule has 1 heterocycles. The van der Waals surface area contributed by atoms with Crippen molar-refractivity contribution in [3.05, 3.63) is 95.6 Å². The molecule has 5 heteroatoms. The molecule has 4 rings (SSSR count). The molecule has 31 heavy (non-hydrogen) atoms. The minimum Gasteiger partial charge on any atom is -0.322 e. The number of amides is 2. The van der Waals surface area contributed by atoms with Gasteiger partial charge in [-0.3, -0.25) is 14.5 Å². The van der Waals surface area contributed by atoms with Gasteiger partial charge in [0.15, 0.2) is 0 Å². The van der Waals surface area contributed by atoms with Gasteiger partial charge in [-0.15, -0.1) is 11.8 Å². The number of nitrogens with one attached hydrogen (secondary N) is 1. The summed E-state index contributed by atoms with van der Waals surface area (Å²) in [6.45, 7) is 2.18. The molecule has 1 aliphatic rings. The van der Waals surface area contributed by atoms with Crippen molar-refractivity contribution in [3.63, 3.8) is 0 Å². The van der Waals surface area contributed by atoms with Crippen LogP contribution in [0, 0.1) is 0 Å². The van der Waals surface area contributed by atoms with Crippen LogP contribution in [0.1, 0.15) is 46.6 Å². The Bertz CT molecular complexity index is 1030. The Morgan fingerprint density at radius 3 is 2.39 bits per heavy atom. The summed E-state index contributed by atoms with van der Waals surface area (Å²) in [7, 11) is 0. The van der Waals surface area contributed by atoms with Crippen molar-refractivity contribution in [1.82, 2.24) is 0 Å². The maximum atomic E-state index is 12.6. The molecule has 0 unspecified atom stereocenters. The molecule has 158 valence electrons. The highest BCUT2D eigenvalue weighted by atomic mass is 32.2. The number of thioether (sulfide) groups is 1. The Hall–Kier alpha value is -3.05. The van der Waals surface area contributed by atoms with E-state index in [9.17, 15) is 9.59 Å². The number of rotatable bonds is 7. The fourth-order valence-corrected chi connectivity index (χ4v) is 4.85. The van der Waals surface area contributed by atoms with Crippen LogP contribution >= 0.6 is 11.8 Å². The fourth-order valence-electron chi connectivity index (χ4n) is 3.68. The Morgan fingerprint density at radius 1 is 1.00 bits per heavy atom. The molecular formula is C26H26N2O2S. The molecule has 1 aliphatic heterocycles. The number of anilines is 2. The molecule has 0 bridgehead atoms. The molecule has 4 nitrogen and oxygen atoms in total. The topological polar surface area (TPSA) is 49.4 Å². The summed E-state index contributed by atoms with van der Waals surface area (Å²) in [6, 6.07) is 25.3. The number of unbranched alkanes of at least 4 members (excludes halogenated alkanes) is 1. The van der Waals surface area contributed by atoms with E-state index in [1.165, 1.54) is 5.56 Å². The molecule has 0 spiro atoms. The van der Waals surface area contributed by atoms with Crippen LogP contribution in [-0.2, 0) is 11.2 Å².